The van der Waals surface area contributed by atoms with Crippen molar-refractivity contribution in [3.05, 3.63) is 0 Å². The van der Waals surface area contributed by atoms with Crippen LogP contribution in [-0.2, 0) is 9.53 Å². The van der Waals surface area contributed by atoms with Gasteiger partial charge in [0.1, 0.15) is 5.60 Å². The molecule has 0 unspecified atom stereocenters. The predicted octanol–water partition coefficient (Wildman–Crippen LogP) is 3.24. The van der Waals surface area contributed by atoms with Crippen molar-refractivity contribution < 1.29 is 18.7 Å². The molecule has 0 saturated carbocycles. The Labute approximate surface area is 119 Å². The molecule has 0 radical (unpaired) electrons. The molecule has 3 atom stereocenters. The van der Waals surface area contributed by atoms with E-state index in [-0.39, 0.29) is 6.42 Å². The summed E-state index contributed by atoms with van der Waals surface area (Å²) in [7, 11) is 0. The van der Waals surface area contributed by atoms with Crippen LogP contribution < -0.4 is 0 Å². The minimum absolute atomic E-state index is 0.0724. The first-order chi connectivity index (χ1) is 9.00. The molecule has 0 aliphatic carbocycles. The summed E-state index contributed by atoms with van der Waals surface area (Å²) < 4.78 is 19.9. The summed E-state index contributed by atoms with van der Waals surface area (Å²) in [5, 5.41) is 0. The maximum Gasteiger partial charge on any atom is 0.411 e. The normalized spacial score (nSPS) is 37.8. The second-order valence-electron chi connectivity index (χ2n) is 7.53. The monoisotopic (exact) mass is 285 g/mol. The summed E-state index contributed by atoms with van der Waals surface area (Å²) in [5.41, 5.74) is -2.34. The lowest BCUT2D eigenvalue weighted by Gasteiger charge is -2.58. The average molecular weight is 285 g/mol. The standard InChI is InChI=1S/C15H24FNO3/c1-13(2,3)20-12(19)17-14(4)7-6-8-15(17,5)11(16)10(18)9-14/h11H,6-9H2,1-5H3/t11-,14-,15+/m1/s1. The molecule has 4 nitrogen and oxygen atoms in total. The first-order valence-electron chi connectivity index (χ1n) is 7.20. The zero-order valence-electron chi connectivity index (χ0n) is 13.0. The predicted molar refractivity (Wildman–Crippen MR) is 73.3 cm³/mol. The number of halogens is 1. The van der Waals surface area contributed by atoms with Crippen LogP contribution in [0.3, 0.4) is 0 Å². The van der Waals surface area contributed by atoms with E-state index in [0.717, 1.165) is 6.42 Å². The Bertz CT molecular complexity index is 445. The minimum Gasteiger partial charge on any atom is -0.444 e. The van der Waals surface area contributed by atoms with Crippen LogP contribution in [0.25, 0.3) is 0 Å². The van der Waals surface area contributed by atoms with Gasteiger partial charge in [-0.15, -0.1) is 0 Å². The highest BCUT2D eigenvalue weighted by atomic mass is 19.1. The van der Waals surface area contributed by atoms with Crippen LogP contribution in [0.2, 0.25) is 0 Å². The maximum atomic E-state index is 14.4. The summed E-state index contributed by atoms with van der Waals surface area (Å²) in [5.74, 6) is -0.394. The van der Waals surface area contributed by atoms with Crippen molar-refractivity contribution in [2.75, 3.05) is 0 Å². The molecule has 0 aromatic heterocycles. The van der Waals surface area contributed by atoms with Crippen LogP contribution in [0.15, 0.2) is 0 Å². The number of hydrogen-bond donors (Lipinski definition) is 0. The third kappa shape index (κ3) is 2.31. The quantitative estimate of drug-likeness (QED) is 0.686. The molecule has 0 N–H and O–H groups in total. The smallest absolute Gasteiger partial charge is 0.411 e. The number of rotatable bonds is 0. The van der Waals surface area contributed by atoms with Gasteiger partial charge in [-0.05, 0) is 53.9 Å². The molecular weight excluding hydrogens is 261 g/mol. The Morgan fingerprint density at radius 3 is 2.50 bits per heavy atom. The number of carbonyl (C=O) groups excluding carboxylic acids is 2. The highest BCUT2D eigenvalue weighted by Crippen LogP contribution is 2.48. The first-order valence-corrected chi connectivity index (χ1v) is 7.20. The van der Waals surface area contributed by atoms with E-state index in [9.17, 15) is 14.0 Å². The van der Waals surface area contributed by atoms with Crippen molar-refractivity contribution in [3.8, 4) is 0 Å². The summed E-state index contributed by atoms with van der Waals surface area (Å²) in [4.78, 5) is 25.9. The van der Waals surface area contributed by atoms with Gasteiger partial charge >= 0.3 is 6.09 Å². The van der Waals surface area contributed by atoms with Crippen LogP contribution in [0.1, 0.15) is 60.3 Å². The topological polar surface area (TPSA) is 46.6 Å². The van der Waals surface area contributed by atoms with Gasteiger partial charge in [0.2, 0.25) is 0 Å². The van der Waals surface area contributed by atoms with Gasteiger partial charge in [0, 0.05) is 6.42 Å². The SMILES string of the molecule is CC(C)(C)OC(=O)N1[C@]2(C)CCC[C@@]1(C)[C@H](F)C(=O)C2. The van der Waals surface area contributed by atoms with E-state index >= 15 is 0 Å². The molecule has 1 amide bonds. The second-order valence-corrected chi connectivity index (χ2v) is 7.53. The molecule has 2 fully saturated rings. The molecule has 2 rings (SSSR count). The molecular formula is C15H24FNO3. The molecule has 2 aliphatic rings. The molecule has 20 heavy (non-hydrogen) atoms. The first kappa shape index (κ1) is 15.3. The fourth-order valence-electron chi connectivity index (χ4n) is 3.62. The zero-order valence-corrected chi connectivity index (χ0v) is 13.0. The van der Waals surface area contributed by atoms with Crippen molar-refractivity contribution in [1.82, 2.24) is 4.90 Å². The molecule has 0 aromatic carbocycles. The van der Waals surface area contributed by atoms with Gasteiger partial charge in [-0.2, -0.15) is 0 Å². The lowest BCUT2D eigenvalue weighted by Crippen LogP contribution is -2.72. The molecule has 2 saturated heterocycles. The fourth-order valence-corrected chi connectivity index (χ4v) is 3.62. The molecule has 0 aromatic rings. The van der Waals surface area contributed by atoms with Crippen molar-refractivity contribution in [2.45, 2.75) is 83.2 Å². The molecule has 5 heteroatoms. The summed E-state index contributed by atoms with van der Waals surface area (Å²) >= 11 is 0. The van der Waals surface area contributed by atoms with Crippen molar-refractivity contribution in [3.63, 3.8) is 0 Å². The molecule has 2 bridgehead atoms. The largest absolute Gasteiger partial charge is 0.444 e. The minimum atomic E-state index is -1.62. The molecule has 2 heterocycles. The highest BCUT2D eigenvalue weighted by Gasteiger charge is 2.60. The van der Waals surface area contributed by atoms with Crippen molar-refractivity contribution in [1.29, 1.82) is 0 Å². The van der Waals surface area contributed by atoms with Crippen molar-refractivity contribution >= 4 is 11.9 Å². The third-order valence-corrected chi connectivity index (χ3v) is 4.41. The van der Waals surface area contributed by atoms with E-state index < -0.39 is 34.7 Å². The van der Waals surface area contributed by atoms with Crippen LogP contribution >= 0.6 is 0 Å². The molecule has 114 valence electrons. The number of nitrogens with zero attached hydrogens (tertiary/aromatic N) is 1. The van der Waals surface area contributed by atoms with E-state index in [1.165, 1.54) is 4.90 Å². The van der Waals surface area contributed by atoms with Crippen LogP contribution in [0.4, 0.5) is 9.18 Å². The van der Waals surface area contributed by atoms with Gasteiger partial charge in [0.25, 0.3) is 0 Å². The lowest BCUT2D eigenvalue weighted by molar-refractivity contribution is -0.155. The Morgan fingerprint density at radius 2 is 1.95 bits per heavy atom. The average Bonchev–Trinajstić information content (AvgIpc) is 2.23. The van der Waals surface area contributed by atoms with Crippen LogP contribution in [0, 0.1) is 0 Å². The van der Waals surface area contributed by atoms with Gasteiger partial charge in [-0.1, -0.05) is 0 Å². The number of amides is 1. The van der Waals surface area contributed by atoms with Crippen LogP contribution in [0.5, 0.6) is 0 Å². The van der Waals surface area contributed by atoms with Gasteiger partial charge in [-0.3, -0.25) is 9.69 Å². The van der Waals surface area contributed by atoms with Gasteiger partial charge in [0.15, 0.2) is 12.0 Å². The zero-order chi connectivity index (χ0) is 15.3. The van der Waals surface area contributed by atoms with Gasteiger partial charge < -0.3 is 4.74 Å². The Balaban J connectivity index is 2.39. The Kier molecular flexibility index (Phi) is 3.38. The van der Waals surface area contributed by atoms with Crippen molar-refractivity contribution in [2.24, 2.45) is 0 Å². The van der Waals surface area contributed by atoms with E-state index in [1.807, 2.05) is 6.92 Å². The summed E-state index contributed by atoms with van der Waals surface area (Å²) in [6.45, 7) is 8.88. The number of piperidine rings is 2. The third-order valence-electron chi connectivity index (χ3n) is 4.41. The van der Waals surface area contributed by atoms with E-state index in [4.69, 9.17) is 4.74 Å². The summed E-state index contributed by atoms with van der Waals surface area (Å²) in [6, 6.07) is 0. The number of ether oxygens (including phenoxy) is 1. The Hall–Kier alpha value is -1.13. The number of Topliss-reactive ketones (excluding diaryl/α,β-unsaturated/α-hetero) is 1. The second kappa shape index (κ2) is 4.43. The lowest BCUT2D eigenvalue weighted by atomic mass is 9.67. The van der Waals surface area contributed by atoms with E-state index in [2.05, 4.69) is 0 Å². The number of ketones is 1. The number of fused-ring (bicyclic) bond motifs is 2. The molecule has 0 spiro atoms. The number of alkyl halides is 1. The van der Waals surface area contributed by atoms with E-state index in [0.29, 0.717) is 12.8 Å². The van der Waals surface area contributed by atoms with E-state index in [1.54, 1.807) is 27.7 Å². The van der Waals surface area contributed by atoms with Crippen LogP contribution in [-0.4, -0.2) is 39.6 Å². The van der Waals surface area contributed by atoms with Gasteiger partial charge in [0.05, 0.1) is 11.1 Å². The maximum absolute atomic E-state index is 14.4. The fraction of sp³-hybridized carbons (Fsp3) is 0.867. The number of carbonyl (C=O) groups is 2. The Morgan fingerprint density at radius 1 is 1.35 bits per heavy atom. The number of hydrogen-bond acceptors (Lipinski definition) is 3. The highest BCUT2D eigenvalue weighted by molar-refractivity contribution is 5.89. The molecule has 2 aliphatic heterocycles. The summed E-state index contributed by atoms with van der Waals surface area (Å²) in [6.07, 6.45) is -0.0429. The van der Waals surface area contributed by atoms with Gasteiger partial charge in [-0.25, -0.2) is 9.18 Å².